The van der Waals surface area contributed by atoms with E-state index < -0.39 is 0 Å². The van der Waals surface area contributed by atoms with E-state index in [1.807, 2.05) is 17.7 Å². The number of esters is 1. The van der Waals surface area contributed by atoms with Crippen LogP contribution in [0, 0.1) is 12.8 Å². The quantitative estimate of drug-likeness (QED) is 0.433. The maximum Gasteiger partial charge on any atom is 0.338 e. The largest absolute Gasteiger partial charge is 0.462 e. The summed E-state index contributed by atoms with van der Waals surface area (Å²) in [6.45, 7) is 8.47. The fourth-order valence-electron chi connectivity index (χ4n) is 3.88. The lowest BCUT2D eigenvalue weighted by atomic mass is 10.1. The molecule has 0 saturated carbocycles. The third-order valence-electron chi connectivity index (χ3n) is 5.59. The van der Waals surface area contributed by atoms with Crippen molar-refractivity contribution in [1.29, 1.82) is 0 Å². The Morgan fingerprint density at radius 2 is 1.84 bits per heavy atom. The van der Waals surface area contributed by atoms with Crippen LogP contribution in [0.4, 0.5) is 0 Å². The lowest BCUT2D eigenvalue weighted by molar-refractivity contribution is 0.0526. The molecular formula is C23H27N5O4. The second-order valence-corrected chi connectivity index (χ2v) is 8.31. The zero-order chi connectivity index (χ0) is 23.2. The molecule has 9 heteroatoms. The average molecular weight is 438 g/mol. The number of carbonyl (C=O) groups is 1. The number of imidazole rings is 2. The fraction of sp³-hybridized carbons (Fsp3) is 0.391. The zero-order valence-electron chi connectivity index (χ0n) is 19.0. The summed E-state index contributed by atoms with van der Waals surface area (Å²) >= 11 is 0. The van der Waals surface area contributed by atoms with Gasteiger partial charge < -0.3 is 4.74 Å². The van der Waals surface area contributed by atoms with Crippen LogP contribution in [0.3, 0.4) is 0 Å². The number of nitrogens with zero attached hydrogens (tertiary/aromatic N) is 5. The Hall–Kier alpha value is -3.62. The molecular weight excluding hydrogens is 410 g/mol. The van der Waals surface area contributed by atoms with Gasteiger partial charge in [-0.1, -0.05) is 13.8 Å². The van der Waals surface area contributed by atoms with E-state index in [0.717, 1.165) is 17.8 Å². The van der Waals surface area contributed by atoms with Crippen molar-refractivity contribution in [3.05, 3.63) is 62.6 Å². The SMILES string of the molecule is CCOC(=O)c1ccc(-n2c(C)cn3c4c(=O)n(CCC(C)C)c(=O)n(C)c4nc23)cc1. The van der Waals surface area contributed by atoms with Gasteiger partial charge in [0.2, 0.25) is 5.78 Å². The van der Waals surface area contributed by atoms with Gasteiger partial charge in [-0.25, -0.2) is 9.59 Å². The van der Waals surface area contributed by atoms with Crippen LogP contribution >= 0.6 is 0 Å². The number of hydrogen-bond acceptors (Lipinski definition) is 5. The first kappa shape index (κ1) is 21.6. The molecule has 0 spiro atoms. The number of ether oxygens (including phenoxy) is 1. The third-order valence-corrected chi connectivity index (χ3v) is 5.59. The molecule has 0 amide bonds. The van der Waals surface area contributed by atoms with E-state index >= 15 is 0 Å². The summed E-state index contributed by atoms with van der Waals surface area (Å²) < 4.78 is 11.4. The van der Waals surface area contributed by atoms with Crippen molar-refractivity contribution in [2.45, 2.75) is 40.7 Å². The van der Waals surface area contributed by atoms with Gasteiger partial charge >= 0.3 is 11.7 Å². The lowest BCUT2D eigenvalue weighted by Gasteiger charge is -2.09. The first-order valence-electron chi connectivity index (χ1n) is 10.7. The van der Waals surface area contributed by atoms with Gasteiger partial charge in [0.1, 0.15) is 0 Å². The summed E-state index contributed by atoms with van der Waals surface area (Å²) in [4.78, 5) is 42.7. The van der Waals surface area contributed by atoms with Gasteiger partial charge in [-0.15, -0.1) is 0 Å². The number of aryl methyl sites for hydroxylation is 2. The minimum absolute atomic E-state index is 0.312. The highest BCUT2D eigenvalue weighted by molar-refractivity contribution is 5.89. The maximum absolute atomic E-state index is 13.3. The van der Waals surface area contributed by atoms with Crippen molar-refractivity contribution < 1.29 is 9.53 Å². The van der Waals surface area contributed by atoms with Crippen molar-refractivity contribution in [3.8, 4) is 5.69 Å². The second-order valence-electron chi connectivity index (χ2n) is 8.31. The molecule has 9 nitrogen and oxygen atoms in total. The maximum atomic E-state index is 13.3. The molecule has 0 fully saturated rings. The summed E-state index contributed by atoms with van der Waals surface area (Å²) in [7, 11) is 1.63. The third kappa shape index (κ3) is 3.43. The summed E-state index contributed by atoms with van der Waals surface area (Å²) in [6, 6.07) is 7.00. The number of rotatable bonds is 6. The first-order valence-corrected chi connectivity index (χ1v) is 10.7. The van der Waals surface area contributed by atoms with Crippen molar-refractivity contribution in [2.75, 3.05) is 6.61 Å². The van der Waals surface area contributed by atoms with E-state index in [1.165, 1.54) is 9.13 Å². The number of aromatic nitrogens is 5. The normalized spacial score (nSPS) is 11.7. The molecule has 0 saturated heterocycles. The van der Waals surface area contributed by atoms with Crippen molar-refractivity contribution in [3.63, 3.8) is 0 Å². The highest BCUT2D eigenvalue weighted by Crippen LogP contribution is 2.21. The van der Waals surface area contributed by atoms with Gasteiger partial charge in [-0.05, 0) is 50.5 Å². The molecule has 0 radical (unpaired) electrons. The molecule has 0 unspecified atom stereocenters. The van der Waals surface area contributed by atoms with Crippen molar-refractivity contribution >= 4 is 22.9 Å². The minimum atomic E-state index is -0.378. The molecule has 0 aliphatic carbocycles. The predicted octanol–water partition coefficient (Wildman–Crippen LogP) is 2.67. The monoisotopic (exact) mass is 437 g/mol. The van der Waals surface area contributed by atoms with Gasteiger partial charge in [-0.3, -0.25) is 22.9 Å². The van der Waals surface area contributed by atoms with Gasteiger partial charge in [0.25, 0.3) is 5.56 Å². The van der Waals surface area contributed by atoms with Crippen LogP contribution in [0.5, 0.6) is 0 Å². The van der Waals surface area contributed by atoms with E-state index in [9.17, 15) is 14.4 Å². The molecule has 0 atom stereocenters. The van der Waals surface area contributed by atoms with Crippen LogP contribution in [0.15, 0.2) is 40.1 Å². The van der Waals surface area contributed by atoms with Crippen LogP contribution in [-0.4, -0.2) is 35.7 Å². The Balaban J connectivity index is 1.90. The Bertz CT molecular complexity index is 1430. The average Bonchev–Trinajstić information content (AvgIpc) is 3.26. The van der Waals surface area contributed by atoms with E-state index in [4.69, 9.17) is 4.74 Å². The van der Waals surface area contributed by atoms with Crippen LogP contribution in [0.1, 0.15) is 43.2 Å². The lowest BCUT2D eigenvalue weighted by Crippen LogP contribution is -2.39. The Kier molecular flexibility index (Phi) is 5.50. The topological polar surface area (TPSA) is 92.5 Å². The summed E-state index contributed by atoms with van der Waals surface area (Å²) in [5, 5.41) is 0. The van der Waals surface area contributed by atoms with Crippen molar-refractivity contribution in [1.82, 2.24) is 23.1 Å². The molecule has 1 aromatic carbocycles. The minimum Gasteiger partial charge on any atom is -0.462 e. The molecule has 168 valence electrons. The van der Waals surface area contributed by atoms with Crippen molar-refractivity contribution in [2.24, 2.45) is 13.0 Å². The molecule has 3 heterocycles. The number of benzene rings is 1. The van der Waals surface area contributed by atoms with Crippen LogP contribution in [0.25, 0.3) is 22.6 Å². The standard InChI is InChI=1S/C23H27N5O4/c1-6-32-21(30)16-7-9-17(10-8-16)28-15(4)13-27-18-19(24-22(27)28)25(5)23(31)26(20(18)29)12-11-14(2)3/h7-10,13-14H,6,11-12H2,1-5H3. The molecule has 3 aromatic heterocycles. The van der Waals surface area contributed by atoms with E-state index in [-0.39, 0.29) is 17.2 Å². The number of hydrogen-bond donors (Lipinski definition) is 0. The Labute approximate surface area is 184 Å². The van der Waals surface area contributed by atoms with Gasteiger partial charge in [0, 0.05) is 31.2 Å². The highest BCUT2D eigenvalue weighted by Gasteiger charge is 2.21. The zero-order valence-corrected chi connectivity index (χ0v) is 19.0. The second kappa shape index (κ2) is 8.14. The fourth-order valence-corrected chi connectivity index (χ4v) is 3.88. The molecule has 4 rings (SSSR count). The van der Waals surface area contributed by atoms with E-state index in [0.29, 0.717) is 41.6 Å². The highest BCUT2D eigenvalue weighted by atomic mass is 16.5. The number of carbonyl (C=O) groups excluding carboxylic acids is 1. The number of fused-ring (bicyclic) bond motifs is 3. The van der Waals surface area contributed by atoms with E-state index in [1.54, 1.807) is 42.6 Å². The van der Waals surface area contributed by atoms with Gasteiger partial charge in [0.05, 0.1) is 12.2 Å². The summed E-state index contributed by atoms with van der Waals surface area (Å²) in [6.07, 6.45) is 2.57. The smallest absolute Gasteiger partial charge is 0.338 e. The molecule has 0 bridgehead atoms. The molecule has 0 aliphatic rings. The van der Waals surface area contributed by atoms with Gasteiger partial charge in [0.15, 0.2) is 11.2 Å². The van der Waals surface area contributed by atoms with Gasteiger partial charge in [-0.2, -0.15) is 4.98 Å². The summed E-state index contributed by atoms with van der Waals surface area (Å²) in [5.74, 6) is 0.515. The Morgan fingerprint density at radius 3 is 2.47 bits per heavy atom. The van der Waals surface area contributed by atoms with Crippen LogP contribution in [-0.2, 0) is 18.3 Å². The molecule has 4 aromatic rings. The molecule has 0 aliphatic heterocycles. The van der Waals surface area contributed by atoms with Crippen LogP contribution < -0.4 is 11.2 Å². The summed E-state index contributed by atoms with van der Waals surface area (Å²) in [5.41, 5.74) is 2.10. The molecule has 32 heavy (non-hydrogen) atoms. The van der Waals surface area contributed by atoms with Crippen LogP contribution in [0.2, 0.25) is 0 Å². The molecule has 0 N–H and O–H groups in total. The first-order chi connectivity index (χ1) is 15.2. The Morgan fingerprint density at radius 1 is 1.16 bits per heavy atom. The van der Waals surface area contributed by atoms with E-state index in [2.05, 4.69) is 18.8 Å². The predicted molar refractivity (Wildman–Crippen MR) is 122 cm³/mol.